The average molecular weight is 440 g/mol. The number of carbonyl (C=O) groups is 1. The molecule has 3 aromatic rings. The summed E-state index contributed by atoms with van der Waals surface area (Å²) in [5, 5.41) is 13.6. The molecule has 0 spiro atoms. The Hall–Kier alpha value is -2.87. The molecule has 162 valence electrons. The topological polar surface area (TPSA) is 69.9 Å². The zero-order chi connectivity index (χ0) is 21.4. The molecular formula is C22H26ClN7O. The first-order valence-corrected chi connectivity index (χ1v) is 11.2. The van der Waals surface area contributed by atoms with Crippen molar-refractivity contribution in [3.8, 4) is 0 Å². The zero-order valence-electron chi connectivity index (χ0n) is 17.6. The summed E-state index contributed by atoms with van der Waals surface area (Å²) in [7, 11) is 0. The van der Waals surface area contributed by atoms with Gasteiger partial charge in [-0.15, -0.1) is 15.3 Å². The average Bonchev–Trinajstić information content (AvgIpc) is 3.19. The molecule has 1 amide bonds. The third-order valence-electron chi connectivity index (χ3n) is 6.36. The van der Waals surface area contributed by atoms with Gasteiger partial charge in [-0.25, -0.2) is 0 Å². The van der Waals surface area contributed by atoms with Crippen molar-refractivity contribution in [2.24, 2.45) is 5.92 Å². The summed E-state index contributed by atoms with van der Waals surface area (Å²) in [6.45, 7) is 6.82. The predicted octanol–water partition coefficient (Wildman–Crippen LogP) is 2.65. The molecule has 9 heteroatoms. The number of benzene rings is 1. The highest BCUT2D eigenvalue weighted by Gasteiger charge is 2.31. The number of rotatable bonds is 3. The molecule has 2 aliphatic heterocycles. The molecule has 0 saturated carbocycles. The van der Waals surface area contributed by atoms with Crippen LogP contribution >= 0.6 is 11.6 Å². The second-order valence-corrected chi connectivity index (χ2v) is 8.70. The number of carbonyl (C=O) groups excluding carboxylic acids is 1. The van der Waals surface area contributed by atoms with E-state index in [4.69, 9.17) is 11.6 Å². The number of hydrogen-bond acceptors (Lipinski definition) is 6. The fourth-order valence-corrected chi connectivity index (χ4v) is 4.63. The van der Waals surface area contributed by atoms with Crippen molar-refractivity contribution >= 4 is 34.7 Å². The van der Waals surface area contributed by atoms with Crippen LogP contribution < -0.4 is 9.80 Å². The van der Waals surface area contributed by atoms with Crippen LogP contribution in [0.3, 0.4) is 0 Å². The second kappa shape index (κ2) is 8.34. The molecule has 0 bridgehead atoms. The monoisotopic (exact) mass is 439 g/mol. The van der Waals surface area contributed by atoms with Crippen LogP contribution in [-0.4, -0.2) is 69.9 Å². The summed E-state index contributed by atoms with van der Waals surface area (Å²) in [6, 6.07) is 11.9. The largest absolute Gasteiger partial charge is 0.368 e. The van der Waals surface area contributed by atoms with Gasteiger partial charge in [-0.05, 0) is 56.2 Å². The lowest BCUT2D eigenvalue weighted by atomic mass is 9.95. The van der Waals surface area contributed by atoms with Crippen LogP contribution in [0.25, 0.3) is 5.65 Å². The number of piperidine rings is 1. The molecule has 2 aromatic heterocycles. The van der Waals surface area contributed by atoms with Crippen molar-refractivity contribution in [2.75, 3.05) is 49.1 Å². The van der Waals surface area contributed by atoms with E-state index in [2.05, 4.69) is 25.1 Å². The van der Waals surface area contributed by atoms with E-state index in [1.807, 2.05) is 48.2 Å². The molecule has 4 heterocycles. The standard InChI is InChI=1S/C22H26ClN7O/c1-16-24-25-20-6-7-21(26-30(16)20)28-10-8-17(9-11-28)22(31)29-14-12-27(13-15-29)19-4-2-18(23)3-5-19/h2-7,17H,8-15H2,1H3. The van der Waals surface area contributed by atoms with Gasteiger partial charge in [-0.2, -0.15) is 4.52 Å². The van der Waals surface area contributed by atoms with Crippen molar-refractivity contribution in [2.45, 2.75) is 19.8 Å². The Balaban J connectivity index is 1.16. The Labute approximate surface area is 186 Å². The smallest absolute Gasteiger partial charge is 0.225 e. The first-order chi connectivity index (χ1) is 15.1. The van der Waals surface area contributed by atoms with Crippen LogP contribution in [0.4, 0.5) is 11.5 Å². The lowest BCUT2D eigenvalue weighted by molar-refractivity contribution is -0.136. The summed E-state index contributed by atoms with van der Waals surface area (Å²) in [5.74, 6) is 2.09. The van der Waals surface area contributed by atoms with Gasteiger partial charge in [0.2, 0.25) is 5.91 Å². The number of anilines is 2. The van der Waals surface area contributed by atoms with Crippen LogP contribution in [0.5, 0.6) is 0 Å². The Morgan fingerprint density at radius 3 is 2.32 bits per heavy atom. The molecule has 1 aromatic carbocycles. The van der Waals surface area contributed by atoms with Gasteiger partial charge in [0, 0.05) is 55.9 Å². The molecule has 31 heavy (non-hydrogen) atoms. The molecule has 0 radical (unpaired) electrons. The first-order valence-electron chi connectivity index (χ1n) is 10.8. The minimum atomic E-state index is 0.0960. The Morgan fingerprint density at radius 1 is 0.903 bits per heavy atom. The lowest BCUT2D eigenvalue weighted by Crippen LogP contribution is -2.51. The van der Waals surface area contributed by atoms with Crippen LogP contribution in [0.15, 0.2) is 36.4 Å². The number of aromatic nitrogens is 4. The van der Waals surface area contributed by atoms with E-state index in [-0.39, 0.29) is 5.92 Å². The third kappa shape index (κ3) is 4.04. The van der Waals surface area contributed by atoms with Gasteiger partial charge >= 0.3 is 0 Å². The zero-order valence-corrected chi connectivity index (χ0v) is 18.4. The van der Waals surface area contributed by atoms with Gasteiger partial charge in [0.15, 0.2) is 11.5 Å². The van der Waals surface area contributed by atoms with Gasteiger partial charge in [0.05, 0.1) is 0 Å². The fourth-order valence-electron chi connectivity index (χ4n) is 4.51. The van der Waals surface area contributed by atoms with Crippen LogP contribution in [0, 0.1) is 12.8 Å². The van der Waals surface area contributed by atoms with Gasteiger partial charge in [-0.1, -0.05) is 11.6 Å². The van der Waals surface area contributed by atoms with E-state index < -0.39 is 0 Å². The maximum atomic E-state index is 13.1. The highest BCUT2D eigenvalue weighted by Crippen LogP contribution is 2.25. The summed E-state index contributed by atoms with van der Waals surface area (Å²) in [4.78, 5) is 19.7. The highest BCUT2D eigenvalue weighted by atomic mass is 35.5. The summed E-state index contributed by atoms with van der Waals surface area (Å²) >= 11 is 5.99. The molecule has 0 unspecified atom stereocenters. The lowest BCUT2D eigenvalue weighted by Gasteiger charge is -2.39. The number of piperazine rings is 1. The van der Waals surface area contributed by atoms with Crippen molar-refractivity contribution in [3.63, 3.8) is 0 Å². The van der Waals surface area contributed by atoms with E-state index in [0.717, 1.165) is 80.1 Å². The fraction of sp³-hybridized carbons (Fsp3) is 0.455. The number of nitrogens with zero attached hydrogens (tertiary/aromatic N) is 7. The molecule has 0 aliphatic carbocycles. The van der Waals surface area contributed by atoms with Crippen LogP contribution in [0.2, 0.25) is 5.02 Å². The number of fused-ring (bicyclic) bond motifs is 1. The molecule has 2 saturated heterocycles. The maximum Gasteiger partial charge on any atom is 0.225 e. The molecular weight excluding hydrogens is 414 g/mol. The SMILES string of the molecule is Cc1nnc2ccc(N3CCC(C(=O)N4CCN(c5ccc(Cl)cc5)CC4)CC3)nn12. The van der Waals surface area contributed by atoms with Gasteiger partial charge in [0.25, 0.3) is 0 Å². The Bertz CT molecular complexity index is 1070. The minimum absolute atomic E-state index is 0.0960. The molecule has 0 N–H and O–H groups in total. The van der Waals surface area contributed by atoms with Gasteiger partial charge in [0.1, 0.15) is 5.82 Å². The Morgan fingerprint density at radius 2 is 1.61 bits per heavy atom. The van der Waals surface area contributed by atoms with Crippen LogP contribution in [-0.2, 0) is 4.79 Å². The normalized spacial score (nSPS) is 18.1. The maximum absolute atomic E-state index is 13.1. The van der Waals surface area contributed by atoms with Crippen molar-refractivity contribution < 1.29 is 4.79 Å². The summed E-state index contributed by atoms with van der Waals surface area (Å²) < 4.78 is 1.77. The van der Waals surface area contributed by atoms with Crippen LogP contribution in [0.1, 0.15) is 18.7 Å². The number of amides is 1. The molecule has 0 atom stereocenters. The minimum Gasteiger partial charge on any atom is -0.368 e. The van der Waals surface area contributed by atoms with E-state index in [9.17, 15) is 4.79 Å². The Kier molecular flexibility index (Phi) is 5.40. The van der Waals surface area contributed by atoms with E-state index >= 15 is 0 Å². The molecule has 5 rings (SSSR count). The van der Waals surface area contributed by atoms with E-state index in [0.29, 0.717) is 5.91 Å². The molecule has 8 nitrogen and oxygen atoms in total. The van der Waals surface area contributed by atoms with Gasteiger partial charge in [-0.3, -0.25) is 4.79 Å². The number of halogens is 1. The quantitative estimate of drug-likeness (QED) is 0.625. The highest BCUT2D eigenvalue weighted by molar-refractivity contribution is 6.30. The van der Waals surface area contributed by atoms with Crippen molar-refractivity contribution in [1.82, 2.24) is 24.7 Å². The van der Waals surface area contributed by atoms with Crippen molar-refractivity contribution in [1.29, 1.82) is 0 Å². The third-order valence-corrected chi connectivity index (χ3v) is 6.61. The van der Waals surface area contributed by atoms with E-state index in [1.165, 1.54) is 0 Å². The number of hydrogen-bond donors (Lipinski definition) is 0. The molecule has 2 aliphatic rings. The van der Waals surface area contributed by atoms with Gasteiger partial charge < -0.3 is 14.7 Å². The molecule has 2 fully saturated rings. The second-order valence-electron chi connectivity index (χ2n) is 8.26. The summed E-state index contributed by atoms with van der Waals surface area (Å²) in [5.41, 5.74) is 1.92. The van der Waals surface area contributed by atoms with E-state index in [1.54, 1.807) is 4.52 Å². The predicted molar refractivity (Wildman–Crippen MR) is 121 cm³/mol. The summed E-state index contributed by atoms with van der Waals surface area (Å²) in [6.07, 6.45) is 1.72. The number of aryl methyl sites for hydroxylation is 1. The van der Waals surface area contributed by atoms with Crippen molar-refractivity contribution in [3.05, 3.63) is 47.2 Å². The first kappa shape index (κ1) is 20.1.